The molecule has 1 aliphatic rings. The summed E-state index contributed by atoms with van der Waals surface area (Å²) in [5, 5.41) is 0. The van der Waals surface area contributed by atoms with Crippen molar-refractivity contribution in [1.29, 1.82) is 0 Å². The van der Waals surface area contributed by atoms with Crippen molar-refractivity contribution in [3.8, 4) is 44.5 Å². The van der Waals surface area contributed by atoms with Crippen LogP contribution in [-0.2, 0) is 5.41 Å². The molecule has 1 nitrogen and oxygen atoms in total. The normalized spacial score (nSPS) is 13.3. The lowest BCUT2D eigenvalue weighted by atomic mass is 9.63. The Morgan fingerprint density at radius 2 is 0.744 bits per heavy atom. The lowest BCUT2D eigenvalue weighted by molar-refractivity contribution is 0.102. The third-order valence-corrected chi connectivity index (χ3v) is 9.37. The van der Waals surface area contributed by atoms with Gasteiger partial charge in [-0.25, -0.2) is 0 Å². The van der Waals surface area contributed by atoms with Crippen LogP contribution in [0.3, 0.4) is 0 Å². The summed E-state index contributed by atoms with van der Waals surface area (Å²) >= 11 is 0. The van der Waals surface area contributed by atoms with Crippen LogP contribution in [-0.4, -0.2) is 5.78 Å². The lowest BCUT2D eigenvalue weighted by Gasteiger charge is -2.39. The number of carbonyl (C=O) groups is 1. The molecule has 0 aromatic heterocycles. The molecule has 0 unspecified atom stereocenters. The van der Waals surface area contributed by atoms with Crippen molar-refractivity contribution in [3.63, 3.8) is 0 Å². The molecular weight excluding hydrogens is 520 g/mol. The summed E-state index contributed by atoms with van der Waals surface area (Å²) in [4.78, 5) is 14.4. The maximum absolute atomic E-state index is 14.4. The minimum Gasteiger partial charge on any atom is -0.289 e. The summed E-state index contributed by atoms with van der Waals surface area (Å²) in [6.07, 6.45) is 1.87. The predicted octanol–water partition coefficient (Wildman–Crippen LogP) is 11.0. The molecule has 0 saturated heterocycles. The van der Waals surface area contributed by atoms with Crippen LogP contribution in [0, 0.1) is 0 Å². The van der Waals surface area contributed by atoms with Crippen LogP contribution in [0.4, 0.5) is 0 Å². The second-order valence-corrected chi connectivity index (χ2v) is 11.5. The molecule has 43 heavy (non-hydrogen) atoms. The Hall–Kier alpha value is -5.01. The smallest absolute Gasteiger partial charge is 0.193 e. The maximum Gasteiger partial charge on any atom is 0.193 e. The van der Waals surface area contributed by atoms with Gasteiger partial charge in [0, 0.05) is 16.5 Å². The highest BCUT2D eigenvalue weighted by atomic mass is 16.1. The lowest BCUT2D eigenvalue weighted by Crippen LogP contribution is -2.35. The molecule has 1 aliphatic carbocycles. The summed E-state index contributed by atoms with van der Waals surface area (Å²) in [7, 11) is 0. The Bertz CT molecular complexity index is 1810. The number of rotatable bonds is 6. The van der Waals surface area contributed by atoms with Crippen LogP contribution >= 0.6 is 0 Å². The van der Waals surface area contributed by atoms with Crippen LogP contribution in [0.15, 0.2) is 146 Å². The molecule has 6 aromatic rings. The molecular formula is C42H34O. The largest absolute Gasteiger partial charge is 0.289 e. The first-order valence-corrected chi connectivity index (χ1v) is 15.3. The highest BCUT2D eigenvalue weighted by Gasteiger charge is 2.41. The summed E-state index contributed by atoms with van der Waals surface area (Å²) in [6, 6.07) is 51.2. The number of carbonyl (C=O) groups excluding carboxylic acids is 1. The first kappa shape index (κ1) is 26.9. The zero-order chi connectivity index (χ0) is 29.4. The minimum absolute atomic E-state index is 0.115. The first-order chi connectivity index (χ1) is 21.1. The van der Waals surface area contributed by atoms with Gasteiger partial charge in [-0.15, -0.1) is 0 Å². The number of fused-ring (bicyclic) bond motifs is 2. The van der Waals surface area contributed by atoms with E-state index >= 15 is 0 Å². The Labute approximate surface area is 254 Å². The van der Waals surface area contributed by atoms with Gasteiger partial charge in [0.2, 0.25) is 0 Å². The second kappa shape index (κ2) is 11.0. The van der Waals surface area contributed by atoms with E-state index in [4.69, 9.17) is 0 Å². The Balaban J connectivity index is 1.33. The van der Waals surface area contributed by atoms with E-state index in [2.05, 4.69) is 147 Å². The monoisotopic (exact) mass is 554 g/mol. The third-order valence-electron chi connectivity index (χ3n) is 9.37. The molecule has 0 heterocycles. The predicted molar refractivity (Wildman–Crippen MR) is 179 cm³/mol. The third kappa shape index (κ3) is 4.62. The van der Waals surface area contributed by atoms with Crippen LogP contribution in [0.2, 0.25) is 0 Å². The van der Waals surface area contributed by atoms with Gasteiger partial charge in [0.1, 0.15) is 0 Å². The van der Waals surface area contributed by atoms with Crippen molar-refractivity contribution in [3.05, 3.63) is 168 Å². The van der Waals surface area contributed by atoms with Crippen molar-refractivity contribution >= 4 is 5.78 Å². The van der Waals surface area contributed by atoms with E-state index in [0.717, 1.165) is 57.3 Å². The van der Waals surface area contributed by atoms with Gasteiger partial charge in [0.25, 0.3) is 0 Å². The molecule has 0 radical (unpaired) electrons. The average molecular weight is 555 g/mol. The number of hydrogen-bond acceptors (Lipinski definition) is 1. The quantitative estimate of drug-likeness (QED) is 0.200. The summed E-state index contributed by atoms with van der Waals surface area (Å²) in [5.41, 5.74) is 12.9. The molecule has 0 saturated carbocycles. The molecule has 0 bridgehead atoms. The maximum atomic E-state index is 14.4. The van der Waals surface area contributed by atoms with Crippen LogP contribution in [0.5, 0.6) is 0 Å². The zero-order valence-electron chi connectivity index (χ0n) is 24.7. The zero-order valence-corrected chi connectivity index (χ0v) is 24.7. The van der Waals surface area contributed by atoms with Crippen LogP contribution in [0.1, 0.15) is 53.7 Å². The average Bonchev–Trinajstić information content (AvgIpc) is 3.09. The summed E-state index contributed by atoms with van der Waals surface area (Å²) < 4.78 is 0. The molecule has 0 amide bonds. The SMILES string of the molecule is CCC1(CC)c2ccc(-c3cccc(-c4ccccc4)c3)cc2C(=O)c2cc(-c3cccc(-c4ccccc4)c3)ccc21. The minimum atomic E-state index is -0.201. The van der Waals surface area contributed by atoms with E-state index in [9.17, 15) is 4.79 Å². The van der Waals surface area contributed by atoms with E-state index in [0.29, 0.717) is 0 Å². The standard InChI is InChI=1S/C42H34O/c1-3-42(4-2)39-23-21-35(33-19-11-17-31(25-33)29-13-7-5-8-14-29)27-37(39)41(43)38-28-36(22-24-40(38)42)34-20-12-18-32(26-34)30-15-9-6-10-16-30/h5-28H,3-4H2,1-2H3. The topological polar surface area (TPSA) is 17.1 Å². The number of hydrogen-bond donors (Lipinski definition) is 0. The van der Waals surface area contributed by atoms with E-state index in [1.54, 1.807) is 0 Å². The van der Waals surface area contributed by atoms with Gasteiger partial charge < -0.3 is 0 Å². The Morgan fingerprint density at radius 3 is 1.14 bits per heavy atom. The fraction of sp³-hybridized carbons (Fsp3) is 0.119. The number of ketones is 1. The molecule has 0 aliphatic heterocycles. The fourth-order valence-corrected chi connectivity index (χ4v) is 6.98. The molecule has 6 aromatic carbocycles. The summed E-state index contributed by atoms with van der Waals surface area (Å²) in [5.74, 6) is 0.115. The molecule has 0 N–H and O–H groups in total. The van der Waals surface area contributed by atoms with Gasteiger partial charge in [0.05, 0.1) is 0 Å². The second-order valence-electron chi connectivity index (χ2n) is 11.5. The van der Waals surface area contributed by atoms with Crippen molar-refractivity contribution < 1.29 is 4.79 Å². The van der Waals surface area contributed by atoms with Gasteiger partial charge in [-0.1, -0.05) is 135 Å². The molecule has 0 spiro atoms. The number of benzene rings is 6. The van der Waals surface area contributed by atoms with Gasteiger partial charge in [0.15, 0.2) is 5.78 Å². The van der Waals surface area contributed by atoms with Crippen molar-refractivity contribution in [2.75, 3.05) is 0 Å². The molecule has 208 valence electrons. The molecule has 7 rings (SSSR count). The van der Waals surface area contributed by atoms with Crippen molar-refractivity contribution in [2.24, 2.45) is 0 Å². The van der Waals surface area contributed by atoms with Gasteiger partial charge in [-0.2, -0.15) is 0 Å². The molecule has 0 fully saturated rings. The van der Waals surface area contributed by atoms with E-state index in [-0.39, 0.29) is 11.2 Å². The highest BCUT2D eigenvalue weighted by Crippen LogP contribution is 2.48. The van der Waals surface area contributed by atoms with E-state index in [1.165, 1.54) is 22.3 Å². The van der Waals surface area contributed by atoms with Gasteiger partial charge in [-0.05, 0) is 92.7 Å². The van der Waals surface area contributed by atoms with Crippen LogP contribution < -0.4 is 0 Å². The molecule has 0 atom stereocenters. The van der Waals surface area contributed by atoms with Crippen molar-refractivity contribution in [1.82, 2.24) is 0 Å². The van der Waals surface area contributed by atoms with Gasteiger partial charge >= 0.3 is 0 Å². The Kier molecular flexibility index (Phi) is 6.87. The summed E-state index contributed by atoms with van der Waals surface area (Å²) in [6.45, 7) is 4.50. The first-order valence-electron chi connectivity index (χ1n) is 15.3. The Morgan fingerprint density at radius 1 is 0.395 bits per heavy atom. The molecule has 1 heteroatoms. The van der Waals surface area contributed by atoms with Crippen LogP contribution in [0.25, 0.3) is 44.5 Å². The van der Waals surface area contributed by atoms with E-state index in [1.807, 2.05) is 12.1 Å². The van der Waals surface area contributed by atoms with Gasteiger partial charge in [-0.3, -0.25) is 4.79 Å². The fourth-order valence-electron chi connectivity index (χ4n) is 6.98. The highest BCUT2D eigenvalue weighted by molar-refractivity contribution is 6.14. The van der Waals surface area contributed by atoms with E-state index < -0.39 is 0 Å². The van der Waals surface area contributed by atoms with Crippen molar-refractivity contribution in [2.45, 2.75) is 32.1 Å².